The van der Waals surface area contributed by atoms with Gasteiger partial charge in [-0.15, -0.1) is 0 Å². The van der Waals surface area contributed by atoms with Crippen LogP contribution in [-0.2, 0) is 0 Å². The van der Waals surface area contributed by atoms with Crippen LogP contribution in [-0.4, -0.2) is 0 Å². The van der Waals surface area contributed by atoms with E-state index in [0.29, 0.717) is 0 Å². The summed E-state index contributed by atoms with van der Waals surface area (Å²) in [5, 5.41) is 0. The highest BCUT2D eigenvalue weighted by molar-refractivity contribution is 5.63. The van der Waals surface area contributed by atoms with E-state index in [-0.39, 0.29) is 0 Å². The number of rotatable bonds is 3. The molecule has 0 aliphatic rings. The second kappa shape index (κ2) is 7.81. The molecule has 72 valence electrons. The normalized spacial score (nSPS) is 7.71. The molecular formula is C14H16. The maximum absolute atomic E-state index is 3.69. The van der Waals surface area contributed by atoms with Crippen molar-refractivity contribution in [3.63, 3.8) is 0 Å². The Kier molecular flexibility index (Phi) is 6.79. The van der Waals surface area contributed by atoms with E-state index < -0.39 is 0 Å². The van der Waals surface area contributed by atoms with E-state index in [0.717, 1.165) is 11.1 Å². The minimum Gasteiger partial charge on any atom is -0.0991 e. The van der Waals surface area contributed by atoms with Crippen LogP contribution in [0.4, 0.5) is 0 Å². The number of hydrogen-bond acceptors (Lipinski definition) is 0. The number of benzene rings is 1. The van der Waals surface area contributed by atoms with Crippen LogP contribution in [0.15, 0.2) is 62.7 Å². The average Bonchev–Trinajstić information content (AvgIpc) is 2.29. The molecule has 0 aliphatic carbocycles. The van der Waals surface area contributed by atoms with Crippen molar-refractivity contribution < 1.29 is 0 Å². The van der Waals surface area contributed by atoms with Gasteiger partial charge in [-0.05, 0) is 11.1 Å². The van der Waals surface area contributed by atoms with Gasteiger partial charge in [-0.3, -0.25) is 0 Å². The molecule has 0 aromatic heterocycles. The fourth-order valence-electron chi connectivity index (χ4n) is 0.883. The van der Waals surface area contributed by atoms with Crippen molar-refractivity contribution in [2.45, 2.75) is 0 Å². The van der Waals surface area contributed by atoms with Gasteiger partial charge < -0.3 is 0 Å². The molecule has 1 aromatic carbocycles. The van der Waals surface area contributed by atoms with E-state index in [4.69, 9.17) is 0 Å². The van der Waals surface area contributed by atoms with Gasteiger partial charge in [-0.2, -0.15) is 0 Å². The maximum Gasteiger partial charge on any atom is -0.0190 e. The molecule has 0 unspecified atom stereocenters. The summed E-state index contributed by atoms with van der Waals surface area (Å²) in [7, 11) is 0. The van der Waals surface area contributed by atoms with E-state index >= 15 is 0 Å². The van der Waals surface area contributed by atoms with Crippen LogP contribution in [0.3, 0.4) is 0 Å². The van der Waals surface area contributed by atoms with Crippen LogP contribution in [0, 0.1) is 0 Å². The second-order valence-electron chi connectivity index (χ2n) is 2.51. The summed E-state index contributed by atoms with van der Waals surface area (Å²) in [5.41, 5.74) is 2.27. The molecule has 0 amide bonds. The Hall–Kier alpha value is -1.82. The first kappa shape index (κ1) is 12.2. The van der Waals surface area contributed by atoms with Crippen molar-refractivity contribution in [1.29, 1.82) is 0 Å². The third kappa shape index (κ3) is 4.27. The molecule has 0 saturated heterocycles. The van der Waals surface area contributed by atoms with Crippen molar-refractivity contribution in [3.8, 4) is 0 Å². The summed E-state index contributed by atoms with van der Waals surface area (Å²) in [6, 6.07) is 8.02. The molecule has 0 N–H and O–H groups in total. The van der Waals surface area contributed by atoms with E-state index in [9.17, 15) is 0 Å². The second-order valence-corrected chi connectivity index (χ2v) is 2.51. The zero-order chi connectivity index (χ0) is 10.8. The standard InChI is InChI=1S/C10H10.C4H6/c1-3-9-7-5-6-8-10(9)4-2;1-3-4-2/h3-8H,1-2H2;3-4H,1-2H2. The monoisotopic (exact) mass is 184 g/mol. The summed E-state index contributed by atoms with van der Waals surface area (Å²) in [6.07, 6.45) is 6.94. The molecule has 1 aromatic rings. The summed E-state index contributed by atoms with van der Waals surface area (Å²) < 4.78 is 0. The lowest BCUT2D eigenvalue weighted by atomic mass is 10.1. The molecule has 0 aliphatic heterocycles. The SMILES string of the molecule is C=CC=C.C=Cc1ccccc1C=C. The smallest absolute Gasteiger partial charge is 0.0190 e. The molecule has 0 heteroatoms. The quantitative estimate of drug-likeness (QED) is 0.613. The average molecular weight is 184 g/mol. The van der Waals surface area contributed by atoms with E-state index in [1.165, 1.54) is 0 Å². The minimum atomic E-state index is 1.14. The van der Waals surface area contributed by atoms with E-state index in [2.05, 4.69) is 26.3 Å². The molecule has 1 rings (SSSR count). The van der Waals surface area contributed by atoms with Crippen molar-refractivity contribution in [2.75, 3.05) is 0 Å². The molecule has 0 bridgehead atoms. The van der Waals surface area contributed by atoms with Gasteiger partial charge in [0, 0.05) is 0 Å². The van der Waals surface area contributed by atoms with Crippen LogP contribution < -0.4 is 0 Å². The molecular weight excluding hydrogens is 168 g/mol. The van der Waals surface area contributed by atoms with E-state index in [1.807, 2.05) is 36.4 Å². The van der Waals surface area contributed by atoms with Gasteiger partial charge in [-0.1, -0.05) is 74.9 Å². The topological polar surface area (TPSA) is 0 Å². The Labute approximate surface area is 86.6 Å². The van der Waals surface area contributed by atoms with Crippen LogP contribution >= 0.6 is 0 Å². The Morgan fingerprint density at radius 1 is 0.714 bits per heavy atom. The lowest BCUT2D eigenvalue weighted by molar-refractivity contribution is 1.62. The van der Waals surface area contributed by atoms with Gasteiger partial charge in [-0.25, -0.2) is 0 Å². The maximum atomic E-state index is 3.69. The fraction of sp³-hybridized carbons (Fsp3) is 0. The molecule has 0 heterocycles. The summed E-state index contributed by atoms with van der Waals surface area (Å²) in [5.74, 6) is 0. The van der Waals surface area contributed by atoms with Gasteiger partial charge in [0.2, 0.25) is 0 Å². The van der Waals surface area contributed by atoms with Gasteiger partial charge in [0.1, 0.15) is 0 Å². The van der Waals surface area contributed by atoms with Crippen molar-refractivity contribution in [3.05, 3.63) is 73.9 Å². The molecule has 0 spiro atoms. The Balaban J connectivity index is 0.000000364. The summed E-state index contributed by atoms with van der Waals surface area (Å²) in [6.45, 7) is 14.1. The van der Waals surface area contributed by atoms with Crippen molar-refractivity contribution in [2.24, 2.45) is 0 Å². The number of allylic oxidation sites excluding steroid dienone is 2. The first-order valence-electron chi connectivity index (χ1n) is 4.37. The van der Waals surface area contributed by atoms with Crippen LogP contribution in [0.2, 0.25) is 0 Å². The highest BCUT2D eigenvalue weighted by atomic mass is 13.9. The molecule has 0 fully saturated rings. The van der Waals surface area contributed by atoms with Crippen LogP contribution in [0.5, 0.6) is 0 Å². The van der Waals surface area contributed by atoms with Crippen LogP contribution in [0.25, 0.3) is 12.2 Å². The van der Waals surface area contributed by atoms with E-state index in [1.54, 1.807) is 12.2 Å². The lowest BCUT2D eigenvalue weighted by Crippen LogP contribution is -1.76. The fourth-order valence-corrected chi connectivity index (χ4v) is 0.883. The van der Waals surface area contributed by atoms with Gasteiger partial charge >= 0.3 is 0 Å². The first-order valence-corrected chi connectivity index (χ1v) is 4.37. The highest BCUT2D eigenvalue weighted by Gasteiger charge is 1.89. The third-order valence-electron chi connectivity index (χ3n) is 1.60. The summed E-state index contributed by atoms with van der Waals surface area (Å²) in [4.78, 5) is 0. The van der Waals surface area contributed by atoms with Crippen LogP contribution in [0.1, 0.15) is 11.1 Å². The predicted molar refractivity (Wildman–Crippen MR) is 67.0 cm³/mol. The van der Waals surface area contributed by atoms with Gasteiger partial charge in [0.05, 0.1) is 0 Å². The molecule has 0 radical (unpaired) electrons. The first-order chi connectivity index (χ1) is 6.79. The molecule has 0 saturated carbocycles. The Morgan fingerprint density at radius 3 is 1.29 bits per heavy atom. The molecule has 0 atom stereocenters. The van der Waals surface area contributed by atoms with Gasteiger partial charge in [0.25, 0.3) is 0 Å². The Bertz CT molecular complexity index is 286. The molecule has 14 heavy (non-hydrogen) atoms. The number of hydrogen-bond donors (Lipinski definition) is 0. The zero-order valence-electron chi connectivity index (χ0n) is 8.45. The minimum absolute atomic E-state index is 1.14. The largest absolute Gasteiger partial charge is 0.0991 e. The van der Waals surface area contributed by atoms with Crippen molar-refractivity contribution >= 4 is 12.2 Å². The third-order valence-corrected chi connectivity index (χ3v) is 1.60. The molecule has 0 nitrogen and oxygen atoms in total. The van der Waals surface area contributed by atoms with Gasteiger partial charge in [0.15, 0.2) is 0 Å². The predicted octanol–water partition coefficient (Wildman–Crippen LogP) is 4.33. The summed E-state index contributed by atoms with van der Waals surface area (Å²) >= 11 is 0. The Morgan fingerprint density at radius 2 is 1.07 bits per heavy atom. The lowest BCUT2D eigenvalue weighted by Gasteiger charge is -1.96. The van der Waals surface area contributed by atoms with Crippen molar-refractivity contribution in [1.82, 2.24) is 0 Å². The highest BCUT2D eigenvalue weighted by Crippen LogP contribution is 2.10. The zero-order valence-corrected chi connectivity index (χ0v) is 8.45.